The Kier molecular flexibility index (Phi) is 4.71. The van der Waals surface area contributed by atoms with Gasteiger partial charge in [-0.05, 0) is 18.1 Å². The first-order valence-electron chi connectivity index (χ1n) is 4.97. The van der Waals surface area contributed by atoms with Crippen molar-refractivity contribution in [1.29, 1.82) is 0 Å². The summed E-state index contributed by atoms with van der Waals surface area (Å²) in [6.45, 7) is -0.00257. The van der Waals surface area contributed by atoms with Gasteiger partial charge < -0.3 is 4.74 Å². The average Bonchev–Trinajstić information content (AvgIpc) is 2.26. The zero-order chi connectivity index (χ0) is 12.8. The van der Waals surface area contributed by atoms with E-state index < -0.39 is 10.7 Å². The van der Waals surface area contributed by atoms with Crippen LogP contribution < -0.4 is 0 Å². The Hall–Kier alpha value is -1.82. The number of non-ortho nitro benzene ring substituents is 1. The van der Waals surface area contributed by atoms with Gasteiger partial charge in [-0.15, -0.1) is 0 Å². The second-order valence-electron chi connectivity index (χ2n) is 3.55. The van der Waals surface area contributed by atoms with E-state index in [4.69, 9.17) is 0 Å². The number of methoxy groups -OCH3 is 1. The molecule has 0 amide bonds. The number of benzene rings is 1. The molecule has 0 aliphatic carbocycles. The number of hydrogen-bond acceptors (Lipinski definition) is 4. The van der Waals surface area contributed by atoms with Crippen molar-refractivity contribution in [1.82, 2.24) is 0 Å². The maximum absolute atomic E-state index is 13.0. The normalized spacial score (nSPS) is 10.2. The largest absolute Gasteiger partial charge is 0.377 e. The molecule has 0 bridgehead atoms. The molecule has 0 saturated heterocycles. The Morgan fingerprint density at radius 1 is 1.47 bits per heavy atom. The van der Waals surface area contributed by atoms with E-state index in [1.807, 2.05) is 0 Å². The molecule has 0 aromatic heterocycles. The highest BCUT2D eigenvalue weighted by Gasteiger charge is 2.10. The number of carbonyl (C=O) groups is 1. The maximum atomic E-state index is 13.0. The number of aryl methyl sites for hydroxylation is 1. The molecule has 0 unspecified atom stereocenters. The summed E-state index contributed by atoms with van der Waals surface area (Å²) >= 11 is 0. The van der Waals surface area contributed by atoms with Gasteiger partial charge in [-0.25, -0.2) is 4.39 Å². The summed E-state index contributed by atoms with van der Waals surface area (Å²) in [7, 11) is 1.41. The highest BCUT2D eigenvalue weighted by atomic mass is 19.1. The Balaban J connectivity index is 2.71. The van der Waals surface area contributed by atoms with Crippen LogP contribution >= 0.6 is 0 Å². The summed E-state index contributed by atoms with van der Waals surface area (Å²) in [5.74, 6) is -0.798. The summed E-state index contributed by atoms with van der Waals surface area (Å²) in [4.78, 5) is 21.0. The van der Waals surface area contributed by atoms with Gasteiger partial charge in [0.1, 0.15) is 12.4 Å². The molecule has 1 aromatic rings. The number of nitro benzene ring substituents is 1. The van der Waals surface area contributed by atoms with Crippen molar-refractivity contribution in [3.8, 4) is 0 Å². The van der Waals surface area contributed by atoms with Gasteiger partial charge in [0.05, 0.1) is 11.0 Å². The molecular weight excluding hydrogens is 229 g/mol. The number of nitrogens with zero attached hydrogens (tertiary/aromatic N) is 1. The standard InChI is InChI=1S/C11H12FNO4/c1-17-7-11(14)3-2-8-4-9(12)6-10(5-8)13(15)16/h4-6H,2-3,7H2,1H3. The van der Waals surface area contributed by atoms with Gasteiger partial charge in [0, 0.05) is 19.6 Å². The molecule has 0 spiro atoms. The van der Waals surface area contributed by atoms with E-state index in [9.17, 15) is 19.3 Å². The monoisotopic (exact) mass is 241 g/mol. The highest BCUT2D eigenvalue weighted by Crippen LogP contribution is 2.17. The molecule has 5 nitrogen and oxygen atoms in total. The molecule has 1 aromatic carbocycles. The van der Waals surface area contributed by atoms with E-state index in [0.717, 1.165) is 6.07 Å². The SMILES string of the molecule is COCC(=O)CCc1cc(F)cc([N+](=O)[O-])c1. The van der Waals surface area contributed by atoms with Gasteiger partial charge in [0.2, 0.25) is 0 Å². The summed E-state index contributed by atoms with van der Waals surface area (Å²) in [5, 5.41) is 10.5. The van der Waals surface area contributed by atoms with Crippen molar-refractivity contribution in [3.05, 3.63) is 39.7 Å². The molecule has 17 heavy (non-hydrogen) atoms. The molecule has 0 atom stereocenters. The lowest BCUT2D eigenvalue weighted by atomic mass is 10.1. The lowest BCUT2D eigenvalue weighted by Gasteiger charge is -2.01. The highest BCUT2D eigenvalue weighted by molar-refractivity contribution is 5.79. The summed E-state index contributed by atoms with van der Waals surface area (Å²) in [5.41, 5.74) is 0.125. The van der Waals surface area contributed by atoms with E-state index in [1.165, 1.54) is 19.2 Å². The number of ketones is 1. The third-order valence-electron chi connectivity index (χ3n) is 2.15. The maximum Gasteiger partial charge on any atom is 0.272 e. The number of rotatable bonds is 6. The van der Waals surface area contributed by atoms with Crippen LogP contribution in [0.4, 0.5) is 10.1 Å². The molecule has 0 radical (unpaired) electrons. The zero-order valence-electron chi connectivity index (χ0n) is 9.31. The Morgan fingerprint density at radius 2 is 2.18 bits per heavy atom. The average molecular weight is 241 g/mol. The van der Waals surface area contributed by atoms with E-state index in [2.05, 4.69) is 4.74 Å². The van der Waals surface area contributed by atoms with Gasteiger partial charge in [-0.1, -0.05) is 0 Å². The van der Waals surface area contributed by atoms with E-state index >= 15 is 0 Å². The summed E-state index contributed by atoms with van der Waals surface area (Å²) < 4.78 is 17.7. The van der Waals surface area contributed by atoms with Crippen LogP contribution in [0.25, 0.3) is 0 Å². The van der Waals surface area contributed by atoms with Crippen LogP contribution in [0.3, 0.4) is 0 Å². The number of hydrogen-bond donors (Lipinski definition) is 0. The van der Waals surface area contributed by atoms with Crippen molar-refractivity contribution < 1.29 is 18.8 Å². The molecule has 0 fully saturated rings. The Labute approximate surface area is 97.3 Å². The lowest BCUT2D eigenvalue weighted by molar-refractivity contribution is -0.385. The molecular formula is C11H12FNO4. The Morgan fingerprint density at radius 3 is 2.76 bits per heavy atom. The van der Waals surface area contributed by atoms with E-state index in [-0.39, 0.29) is 30.9 Å². The quantitative estimate of drug-likeness (QED) is 0.563. The van der Waals surface area contributed by atoms with E-state index in [1.54, 1.807) is 0 Å². The first kappa shape index (κ1) is 13.2. The van der Waals surface area contributed by atoms with Crippen LogP contribution in [0, 0.1) is 15.9 Å². The fourth-order valence-electron chi connectivity index (χ4n) is 1.40. The van der Waals surface area contributed by atoms with Crippen LogP contribution in [0.1, 0.15) is 12.0 Å². The van der Waals surface area contributed by atoms with Crippen molar-refractivity contribution in [2.75, 3.05) is 13.7 Å². The zero-order valence-corrected chi connectivity index (χ0v) is 9.31. The first-order valence-corrected chi connectivity index (χ1v) is 4.97. The van der Waals surface area contributed by atoms with Crippen molar-refractivity contribution in [2.45, 2.75) is 12.8 Å². The topological polar surface area (TPSA) is 69.4 Å². The fraction of sp³-hybridized carbons (Fsp3) is 0.364. The van der Waals surface area contributed by atoms with Crippen LogP contribution in [0.15, 0.2) is 18.2 Å². The molecule has 6 heteroatoms. The second kappa shape index (κ2) is 6.05. The summed E-state index contributed by atoms with van der Waals surface area (Å²) in [6, 6.07) is 3.30. The lowest BCUT2D eigenvalue weighted by Crippen LogP contribution is -2.07. The molecule has 0 aliphatic rings. The molecule has 0 aliphatic heterocycles. The number of Topliss-reactive ketones (excluding diaryl/α,β-unsaturated/α-hetero) is 1. The van der Waals surface area contributed by atoms with Crippen molar-refractivity contribution in [3.63, 3.8) is 0 Å². The fourth-order valence-corrected chi connectivity index (χ4v) is 1.40. The first-order chi connectivity index (χ1) is 8.02. The second-order valence-corrected chi connectivity index (χ2v) is 3.55. The minimum atomic E-state index is -0.673. The molecule has 92 valence electrons. The van der Waals surface area contributed by atoms with Crippen LogP contribution in [0.2, 0.25) is 0 Å². The predicted molar refractivity (Wildman–Crippen MR) is 58.3 cm³/mol. The van der Waals surface area contributed by atoms with E-state index in [0.29, 0.717) is 5.56 Å². The van der Waals surface area contributed by atoms with Gasteiger partial charge in [-0.2, -0.15) is 0 Å². The number of halogens is 1. The number of carbonyl (C=O) groups excluding carboxylic acids is 1. The minimum absolute atomic E-state index is 0.00257. The Bertz CT molecular complexity index is 433. The molecule has 0 heterocycles. The van der Waals surface area contributed by atoms with Gasteiger partial charge in [0.15, 0.2) is 5.78 Å². The number of ether oxygens (including phenoxy) is 1. The molecule has 0 N–H and O–H groups in total. The molecule has 0 saturated carbocycles. The van der Waals surface area contributed by atoms with Crippen LogP contribution in [-0.2, 0) is 16.0 Å². The smallest absolute Gasteiger partial charge is 0.272 e. The predicted octanol–water partition coefficient (Wildman–Crippen LogP) is 1.88. The van der Waals surface area contributed by atoms with Crippen LogP contribution in [-0.4, -0.2) is 24.4 Å². The molecule has 1 rings (SSSR count). The van der Waals surface area contributed by atoms with Crippen LogP contribution in [0.5, 0.6) is 0 Å². The number of nitro groups is 1. The third kappa shape index (κ3) is 4.28. The van der Waals surface area contributed by atoms with Gasteiger partial charge in [-0.3, -0.25) is 14.9 Å². The van der Waals surface area contributed by atoms with Crippen molar-refractivity contribution >= 4 is 11.5 Å². The van der Waals surface area contributed by atoms with Crippen molar-refractivity contribution in [2.24, 2.45) is 0 Å². The minimum Gasteiger partial charge on any atom is -0.377 e. The third-order valence-corrected chi connectivity index (χ3v) is 2.15. The van der Waals surface area contributed by atoms with Gasteiger partial charge in [0.25, 0.3) is 5.69 Å². The summed E-state index contributed by atoms with van der Waals surface area (Å²) in [6.07, 6.45) is 0.440. The van der Waals surface area contributed by atoms with Gasteiger partial charge >= 0.3 is 0 Å².